The summed E-state index contributed by atoms with van der Waals surface area (Å²) in [4.78, 5) is 38.0. The lowest BCUT2D eigenvalue weighted by Crippen LogP contribution is -2.33. The van der Waals surface area contributed by atoms with E-state index < -0.39 is 12.0 Å². The number of carbonyl (C=O) groups is 3. The van der Waals surface area contributed by atoms with Crippen molar-refractivity contribution in [2.75, 3.05) is 0 Å². The van der Waals surface area contributed by atoms with E-state index >= 15 is 0 Å². The largest absolute Gasteiger partial charge is 0.460 e. The van der Waals surface area contributed by atoms with Gasteiger partial charge in [-0.2, -0.15) is 0 Å². The van der Waals surface area contributed by atoms with Crippen LogP contribution >= 0.6 is 0 Å². The minimum absolute atomic E-state index is 0.201. The van der Waals surface area contributed by atoms with E-state index in [1.807, 2.05) is 54.6 Å². The molecule has 1 heterocycles. The molecule has 2 aromatic carbocycles. The highest BCUT2D eigenvalue weighted by molar-refractivity contribution is 6.13. The van der Waals surface area contributed by atoms with E-state index in [0.717, 1.165) is 16.7 Å². The van der Waals surface area contributed by atoms with Crippen molar-refractivity contribution in [2.45, 2.75) is 25.0 Å². The van der Waals surface area contributed by atoms with Gasteiger partial charge in [0.05, 0.1) is 12.0 Å². The Morgan fingerprint density at radius 2 is 1.54 bits per heavy atom. The molecule has 2 aliphatic rings. The molecular weight excluding hydrogens is 330 g/mol. The molecule has 2 aromatic rings. The molecule has 0 N–H and O–H groups in total. The van der Waals surface area contributed by atoms with Crippen LogP contribution in [0.3, 0.4) is 0 Å². The fraction of sp³-hybridized carbons (Fsp3) is 0.190. The number of fused-ring (bicyclic) bond motifs is 1. The molecular formula is C21H17NO4. The maximum absolute atomic E-state index is 12.7. The second-order valence-electron chi connectivity index (χ2n) is 6.41. The zero-order valence-corrected chi connectivity index (χ0v) is 14.0. The maximum atomic E-state index is 12.7. The quantitative estimate of drug-likeness (QED) is 0.630. The van der Waals surface area contributed by atoms with Crippen LogP contribution in [0.15, 0.2) is 66.7 Å². The highest BCUT2D eigenvalue weighted by atomic mass is 16.5. The first-order valence-electron chi connectivity index (χ1n) is 8.50. The molecule has 1 aliphatic carbocycles. The monoisotopic (exact) mass is 347 g/mol. The standard InChI is InChI=1S/C21H17NO4/c23-19-10-11-20(24)22(19)18-12-17(15-8-4-5-9-16(15)18)21(25)26-13-14-6-2-1-3-7-14/h1-11,17-18H,12-13H2/t17-,18-/m0/s1. The number of rotatable bonds is 4. The van der Waals surface area contributed by atoms with Gasteiger partial charge in [0.25, 0.3) is 11.8 Å². The van der Waals surface area contributed by atoms with Crippen molar-refractivity contribution in [2.24, 2.45) is 0 Å². The molecule has 2 atom stereocenters. The van der Waals surface area contributed by atoms with Crippen molar-refractivity contribution in [3.63, 3.8) is 0 Å². The molecule has 1 aliphatic heterocycles. The predicted molar refractivity (Wildman–Crippen MR) is 93.8 cm³/mol. The number of imide groups is 1. The van der Waals surface area contributed by atoms with Crippen molar-refractivity contribution < 1.29 is 19.1 Å². The van der Waals surface area contributed by atoms with Gasteiger partial charge in [0.2, 0.25) is 0 Å². The maximum Gasteiger partial charge on any atom is 0.313 e. The number of amides is 2. The Labute approximate surface area is 150 Å². The van der Waals surface area contributed by atoms with Crippen LogP contribution in [0.4, 0.5) is 0 Å². The summed E-state index contributed by atoms with van der Waals surface area (Å²) in [5.41, 5.74) is 2.57. The molecule has 4 rings (SSSR count). The lowest BCUT2D eigenvalue weighted by molar-refractivity contribution is -0.148. The summed E-state index contributed by atoms with van der Waals surface area (Å²) in [7, 11) is 0. The second kappa shape index (κ2) is 6.59. The molecule has 5 heteroatoms. The summed E-state index contributed by atoms with van der Waals surface area (Å²) >= 11 is 0. The Morgan fingerprint density at radius 3 is 2.23 bits per heavy atom. The number of ether oxygens (including phenoxy) is 1. The number of benzene rings is 2. The summed E-state index contributed by atoms with van der Waals surface area (Å²) < 4.78 is 5.49. The van der Waals surface area contributed by atoms with Crippen LogP contribution in [0.5, 0.6) is 0 Å². The van der Waals surface area contributed by atoms with Crippen molar-refractivity contribution in [3.05, 3.63) is 83.4 Å². The zero-order valence-electron chi connectivity index (χ0n) is 14.0. The van der Waals surface area contributed by atoms with Gasteiger partial charge in [-0.05, 0) is 23.1 Å². The Morgan fingerprint density at radius 1 is 0.923 bits per heavy atom. The van der Waals surface area contributed by atoms with Gasteiger partial charge in [-0.1, -0.05) is 54.6 Å². The Bertz CT molecular complexity index is 885. The van der Waals surface area contributed by atoms with Crippen LogP contribution in [0.2, 0.25) is 0 Å². The molecule has 0 saturated heterocycles. The molecule has 0 unspecified atom stereocenters. The minimum atomic E-state index is -0.485. The predicted octanol–water partition coefficient (Wildman–Crippen LogP) is 2.88. The molecule has 130 valence electrons. The summed E-state index contributed by atoms with van der Waals surface area (Å²) in [6.07, 6.45) is 2.89. The zero-order chi connectivity index (χ0) is 18.1. The first kappa shape index (κ1) is 16.3. The molecule has 0 saturated carbocycles. The van der Waals surface area contributed by atoms with Crippen LogP contribution in [-0.2, 0) is 25.7 Å². The van der Waals surface area contributed by atoms with E-state index in [-0.39, 0.29) is 24.4 Å². The van der Waals surface area contributed by atoms with Crippen molar-refractivity contribution >= 4 is 17.8 Å². The van der Waals surface area contributed by atoms with E-state index in [9.17, 15) is 14.4 Å². The molecule has 0 radical (unpaired) electrons. The molecule has 2 amide bonds. The van der Waals surface area contributed by atoms with Gasteiger partial charge in [-0.3, -0.25) is 19.3 Å². The molecule has 26 heavy (non-hydrogen) atoms. The van der Waals surface area contributed by atoms with E-state index in [2.05, 4.69) is 0 Å². The lowest BCUT2D eigenvalue weighted by atomic mass is 10.0. The average molecular weight is 347 g/mol. The number of carbonyl (C=O) groups excluding carboxylic acids is 3. The van der Waals surface area contributed by atoms with E-state index in [4.69, 9.17) is 4.74 Å². The minimum Gasteiger partial charge on any atom is -0.460 e. The van der Waals surface area contributed by atoms with Crippen LogP contribution < -0.4 is 0 Å². The van der Waals surface area contributed by atoms with Crippen molar-refractivity contribution in [3.8, 4) is 0 Å². The molecule has 0 bridgehead atoms. The number of esters is 1. The van der Waals surface area contributed by atoms with Crippen LogP contribution in [-0.4, -0.2) is 22.7 Å². The van der Waals surface area contributed by atoms with Gasteiger partial charge in [0, 0.05) is 12.2 Å². The molecule has 5 nitrogen and oxygen atoms in total. The van der Waals surface area contributed by atoms with E-state index in [1.165, 1.54) is 17.1 Å². The molecule has 0 spiro atoms. The first-order chi connectivity index (χ1) is 12.6. The normalized spacial score (nSPS) is 21.2. The summed E-state index contributed by atoms with van der Waals surface area (Å²) in [6.45, 7) is 0.201. The summed E-state index contributed by atoms with van der Waals surface area (Å²) in [5.74, 6) is -1.50. The van der Waals surface area contributed by atoms with E-state index in [1.54, 1.807) is 0 Å². The highest BCUT2D eigenvalue weighted by Gasteiger charge is 2.43. The van der Waals surface area contributed by atoms with E-state index in [0.29, 0.717) is 6.42 Å². The van der Waals surface area contributed by atoms with Crippen LogP contribution in [0.1, 0.15) is 35.1 Å². The third kappa shape index (κ3) is 2.81. The summed E-state index contributed by atoms with van der Waals surface area (Å²) in [5, 5.41) is 0. The van der Waals surface area contributed by atoms with Crippen molar-refractivity contribution in [1.82, 2.24) is 4.90 Å². The van der Waals surface area contributed by atoms with Gasteiger partial charge in [-0.15, -0.1) is 0 Å². The lowest BCUT2D eigenvalue weighted by Gasteiger charge is -2.23. The van der Waals surface area contributed by atoms with Crippen molar-refractivity contribution in [1.29, 1.82) is 0 Å². The fourth-order valence-electron chi connectivity index (χ4n) is 3.62. The van der Waals surface area contributed by atoms with Crippen LogP contribution in [0, 0.1) is 0 Å². The highest BCUT2D eigenvalue weighted by Crippen LogP contribution is 2.45. The SMILES string of the molecule is O=C(OCc1ccccc1)[C@H]1C[C@H](N2C(=O)C=CC2=O)c2ccccc21. The molecule has 0 aromatic heterocycles. The third-order valence-electron chi connectivity index (χ3n) is 4.85. The second-order valence-corrected chi connectivity index (χ2v) is 6.41. The van der Waals surface area contributed by atoms with Crippen LogP contribution in [0.25, 0.3) is 0 Å². The van der Waals surface area contributed by atoms with Gasteiger partial charge < -0.3 is 4.74 Å². The average Bonchev–Trinajstić information content (AvgIpc) is 3.20. The first-order valence-corrected chi connectivity index (χ1v) is 8.50. The van der Waals surface area contributed by atoms with Gasteiger partial charge >= 0.3 is 5.97 Å². The fourth-order valence-corrected chi connectivity index (χ4v) is 3.62. The Kier molecular flexibility index (Phi) is 4.13. The molecule has 0 fully saturated rings. The summed E-state index contributed by atoms with van der Waals surface area (Å²) in [6, 6.07) is 16.5. The number of hydrogen-bond donors (Lipinski definition) is 0. The number of nitrogens with zero attached hydrogens (tertiary/aromatic N) is 1. The van der Waals surface area contributed by atoms with Gasteiger partial charge in [0.1, 0.15) is 6.61 Å². The van der Waals surface area contributed by atoms with Gasteiger partial charge in [0.15, 0.2) is 0 Å². The topological polar surface area (TPSA) is 63.7 Å². The number of hydrogen-bond acceptors (Lipinski definition) is 4. The Balaban J connectivity index is 1.55. The third-order valence-corrected chi connectivity index (χ3v) is 4.85. The Hall–Kier alpha value is -3.21. The smallest absolute Gasteiger partial charge is 0.313 e. The van der Waals surface area contributed by atoms with Gasteiger partial charge in [-0.25, -0.2) is 0 Å².